The van der Waals surface area contributed by atoms with Crippen molar-refractivity contribution in [3.05, 3.63) is 17.0 Å². The molecule has 1 heterocycles. The third-order valence-electron chi connectivity index (χ3n) is 2.98. The molecule has 2 rings (SSSR count). The van der Waals surface area contributed by atoms with Crippen LogP contribution in [0, 0.1) is 13.8 Å². The average molecular weight is 222 g/mol. The van der Waals surface area contributed by atoms with Crippen LogP contribution in [0.5, 0.6) is 0 Å². The van der Waals surface area contributed by atoms with Crippen LogP contribution in [-0.4, -0.2) is 28.0 Å². The highest BCUT2D eigenvalue weighted by atomic mass is 16.5. The van der Waals surface area contributed by atoms with Crippen molar-refractivity contribution in [3.8, 4) is 0 Å². The molecular weight excluding hydrogens is 204 g/mol. The minimum Gasteiger partial charge on any atom is -0.361 e. The van der Waals surface area contributed by atoms with Crippen LogP contribution in [0.1, 0.15) is 48.5 Å². The molecule has 0 saturated heterocycles. The fraction of sp³-hybridized carbons (Fsp3) is 0.667. The lowest BCUT2D eigenvalue weighted by Gasteiger charge is -2.26. The number of nitrogens with zero attached hydrogens (tertiary/aromatic N) is 2. The van der Waals surface area contributed by atoms with E-state index in [9.17, 15) is 4.79 Å². The molecule has 0 N–H and O–H groups in total. The SMILES string of the molecule is Cc1noc(C)c1C(=O)N(C(C)C)C1CC1. The van der Waals surface area contributed by atoms with E-state index < -0.39 is 0 Å². The number of amides is 1. The smallest absolute Gasteiger partial charge is 0.259 e. The molecule has 4 nitrogen and oxygen atoms in total. The molecule has 1 aliphatic rings. The van der Waals surface area contributed by atoms with Crippen LogP contribution in [0.15, 0.2) is 4.52 Å². The van der Waals surface area contributed by atoms with Crippen LogP contribution >= 0.6 is 0 Å². The number of carbonyl (C=O) groups excluding carboxylic acids is 1. The first-order valence-electron chi connectivity index (χ1n) is 5.78. The second-order valence-electron chi connectivity index (χ2n) is 4.74. The number of hydrogen-bond donors (Lipinski definition) is 0. The van der Waals surface area contributed by atoms with Gasteiger partial charge in [0.25, 0.3) is 5.91 Å². The fourth-order valence-electron chi connectivity index (χ4n) is 2.09. The van der Waals surface area contributed by atoms with Gasteiger partial charge in [-0.2, -0.15) is 0 Å². The van der Waals surface area contributed by atoms with Crippen molar-refractivity contribution in [2.45, 2.75) is 52.6 Å². The van der Waals surface area contributed by atoms with Gasteiger partial charge in [-0.1, -0.05) is 5.16 Å². The largest absolute Gasteiger partial charge is 0.361 e. The standard InChI is InChI=1S/C12H18N2O2/c1-7(2)14(10-5-6-10)12(15)11-8(3)13-16-9(11)4/h7,10H,5-6H2,1-4H3. The quantitative estimate of drug-likeness (QED) is 0.788. The van der Waals surface area contributed by atoms with Crippen LogP contribution in [0.2, 0.25) is 0 Å². The van der Waals surface area contributed by atoms with Crippen LogP contribution in [0.25, 0.3) is 0 Å². The molecule has 1 aromatic heterocycles. The Bertz CT molecular complexity index is 384. The van der Waals surface area contributed by atoms with Gasteiger partial charge in [-0.3, -0.25) is 4.79 Å². The van der Waals surface area contributed by atoms with Crippen LogP contribution < -0.4 is 0 Å². The molecule has 0 bridgehead atoms. The molecule has 16 heavy (non-hydrogen) atoms. The lowest BCUT2D eigenvalue weighted by Crippen LogP contribution is -2.39. The Kier molecular flexibility index (Phi) is 2.74. The minimum atomic E-state index is 0.0637. The second-order valence-corrected chi connectivity index (χ2v) is 4.74. The highest BCUT2D eigenvalue weighted by Crippen LogP contribution is 2.31. The summed E-state index contributed by atoms with van der Waals surface area (Å²) in [7, 11) is 0. The maximum Gasteiger partial charge on any atom is 0.259 e. The molecule has 0 aliphatic heterocycles. The Balaban J connectivity index is 2.29. The minimum absolute atomic E-state index is 0.0637. The van der Waals surface area contributed by atoms with Crippen LogP contribution in [0.3, 0.4) is 0 Å². The summed E-state index contributed by atoms with van der Waals surface area (Å²) in [6.45, 7) is 7.70. The van der Waals surface area contributed by atoms with Crippen LogP contribution in [0.4, 0.5) is 0 Å². The summed E-state index contributed by atoms with van der Waals surface area (Å²) in [5.41, 5.74) is 1.33. The molecule has 0 atom stereocenters. The Morgan fingerprint density at radius 1 is 1.44 bits per heavy atom. The van der Waals surface area contributed by atoms with Gasteiger partial charge in [0.05, 0.1) is 5.69 Å². The molecule has 4 heteroatoms. The molecule has 88 valence electrons. The monoisotopic (exact) mass is 222 g/mol. The highest BCUT2D eigenvalue weighted by Gasteiger charge is 2.36. The Labute approximate surface area is 95.6 Å². The normalized spacial score (nSPS) is 15.6. The van der Waals surface area contributed by atoms with E-state index in [1.807, 2.05) is 25.7 Å². The molecule has 1 aliphatic carbocycles. The fourth-order valence-corrected chi connectivity index (χ4v) is 2.09. The molecule has 0 aromatic carbocycles. The Hall–Kier alpha value is -1.32. The average Bonchev–Trinajstić information content (AvgIpc) is 2.93. The van der Waals surface area contributed by atoms with E-state index in [1.165, 1.54) is 0 Å². The number of aromatic nitrogens is 1. The topological polar surface area (TPSA) is 46.3 Å². The molecule has 0 unspecified atom stereocenters. The lowest BCUT2D eigenvalue weighted by atomic mass is 10.1. The van der Waals surface area contributed by atoms with Crippen molar-refractivity contribution < 1.29 is 9.32 Å². The molecular formula is C12H18N2O2. The van der Waals surface area contributed by atoms with Crippen molar-refractivity contribution in [1.82, 2.24) is 10.1 Å². The van der Waals surface area contributed by atoms with Gasteiger partial charge in [-0.25, -0.2) is 0 Å². The van der Waals surface area contributed by atoms with Gasteiger partial charge in [-0.15, -0.1) is 0 Å². The first-order chi connectivity index (χ1) is 7.52. The van der Waals surface area contributed by atoms with Gasteiger partial charge in [0, 0.05) is 12.1 Å². The zero-order chi connectivity index (χ0) is 11.9. The summed E-state index contributed by atoms with van der Waals surface area (Å²) in [6.07, 6.45) is 2.24. The summed E-state index contributed by atoms with van der Waals surface area (Å²) in [5.74, 6) is 0.683. The van der Waals surface area contributed by atoms with Gasteiger partial charge in [0.2, 0.25) is 0 Å². The Morgan fingerprint density at radius 2 is 2.06 bits per heavy atom. The van der Waals surface area contributed by atoms with E-state index >= 15 is 0 Å². The van der Waals surface area contributed by atoms with Crippen molar-refractivity contribution in [3.63, 3.8) is 0 Å². The third kappa shape index (κ3) is 1.84. The zero-order valence-corrected chi connectivity index (χ0v) is 10.3. The van der Waals surface area contributed by atoms with Crippen molar-refractivity contribution in [1.29, 1.82) is 0 Å². The maximum absolute atomic E-state index is 12.4. The van der Waals surface area contributed by atoms with E-state index in [1.54, 1.807) is 6.92 Å². The zero-order valence-electron chi connectivity index (χ0n) is 10.3. The van der Waals surface area contributed by atoms with Gasteiger partial charge in [0.1, 0.15) is 11.3 Å². The molecule has 1 saturated carbocycles. The second kappa shape index (κ2) is 3.92. The van der Waals surface area contributed by atoms with Gasteiger partial charge in [-0.05, 0) is 40.5 Å². The third-order valence-corrected chi connectivity index (χ3v) is 2.98. The summed E-state index contributed by atoms with van der Waals surface area (Å²) < 4.78 is 5.05. The number of carbonyl (C=O) groups is 1. The molecule has 1 amide bonds. The summed E-state index contributed by atoms with van der Waals surface area (Å²) in [6, 6.07) is 0.648. The predicted octanol–water partition coefficient (Wildman–Crippen LogP) is 2.30. The summed E-state index contributed by atoms with van der Waals surface area (Å²) >= 11 is 0. The number of hydrogen-bond acceptors (Lipinski definition) is 3. The van der Waals surface area contributed by atoms with E-state index in [0.717, 1.165) is 12.8 Å². The molecule has 1 fully saturated rings. The summed E-state index contributed by atoms with van der Waals surface area (Å²) in [5, 5.41) is 3.84. The van der Waals surface area contributed by atoms with E-state index in [-0.39, 0.29) is 11.9 Å². The number of aryl methyl sites for hydroxylation is 2. The molecule has 0 spiro atoms. The van der Waals surface area contributed by atoms with Crippen molar-refractivity contribution >= 4 is 5.91 Å². The maximum atomic E-state index is 12.4. The van der Waals surface area contributed by atoms with Crippen molar-refractivity contribution in [2.75, 3.05) is 0 Å². The van der Waals surface area contributed by atoms with E-state index in [4.69, 9.17) is 4.52 Å². The first kappa shape index (κ1) is 11.2. The lowest BCUT2D eigenvalue weighted by molar-refractivity contribution is 0.0688. The number of rotatable bonds is 3. The van der Waals surface area contributed by atoms with Crippen molar-refractivity contribution in [2.24, 2.45) is 0 Å². The van der Waals surface area contributed by atoms with Gasteiger partial charge < -0.3 is 9.42 Å². The molecule has 1 aromatic rings. The molecule has 0 radical (unpaired) electrons. The first-order valence-corrected chi connectivity index (χ1v) is 5.78. The van der Waals surface area contributed by atoms with E-state index in [2.05, 4.69) is 5.16 Å². The Morgan fingerprint density at radius 3 is 2.44 bits per heavy atom. The van der Waals surface area contributed by atoms with Gasteiger partial charge in [0.15, 0.2) is 0 Å². The summed E-state index contributed by atoms with van der Waals surface area (Å²) in [4.78, 5) is 14.3. The highest BCUT2D eigenvalue weighted by molar-refractivity contribution is 5.96. The van der Waals surface area contributed by atoms with E-state index in [0.29, 0.717) is 23.1 Å². The predicted molar refractivity (Wildman–Crippen MR) is 60.3 cm³/mol. The van der Waals surface area contributed by atoms with Crippen LogP contribution in [-0.2, 0) is 0 Å². The van der Waals surface area contributed by atoms with Gasteiger partial charge >= 0.3 is 0 Å².